The van der Waals surface area contributed by atoms with Crippen LogP contribution in [0.5, 0.6) is 0 Å². The fourth-order valence-corrected chi connectivity index (χ4v) is 4.43. The summed E-state index contributed by atoms with van der Waals surface area (Å²) < 4.78 is 48.5. The number of carbonyl (C=O) groups is 1. The molecule has 1 N–H and O–H groups in total. The lowest BCUT2D eigenvalue weighted by atomic mass is 10.1. The highest BCUT2D eigenvalue weighted by Gasteiger charge is 2.33. The van der Waals surface area contributed by atoms with E-state index in [1.54, 1.807) is 23.6 Å². The Hall–Kier alpha value is -4.13. The third-order valence-corrected chi connectivity index (χ3v) is 5.97. The van der Waals surface area contributed by atoms with Gasteiger partial charge in [-0.1, -0.05) is 12.1 Å². The monoisotopic (exact) mass is 489 g/mol. The van der Waals surface area contributed by atoms with Gasteiger partial charge in [0.25, 0.3) is 5.56 Å². The number of alkyl halides is 3. The standard InChI is InChI=1S/C21H14F3N5O4S/c22-21(23,24)13-5-1-2-6-14(13)25-16(30)11-28-20(32)29-15-7-9-34-17(15)18(31)27(19(29)26-28)10-12-4-3-8-33-12/h1-9H,10-11H2,(H,25,30). The Morgan fingerprint density at radius 2 is 1.91 bits per heavy atom. The molecule has 5 aromatic rings. The molecule has 0 aliphatic heterocycles. The summed E-state index contributed by atoms with van der Waals surface area (Å²) in [5, 5.41) is 7.97. The maximum absolute atomic E-state index is 13.2. The van der Waals surface area contributed by atoms with Gasteiger partial charge in [-0.3, -0.25) is 14.2 Å². The highest BCUT2D eigenvalue weighted by molar-refractivity contribution is 7.17. The number of halogens is 3. The molecule has 0 aliphatic rings. The highest BCUT2D eigenvalue weighted by atomic mass is 32.1. The molecular weight excluding hydrogens is 475 g/mol. The van der Waals surface area contributed by atoms with E-state index in [0.717, 1.165) is 28.2 Å². The Labute approximate surface area is 191 Å². The second kappa shape index (κ2) is 8.02. The van der Waals surface area contributed by atoms with Crippen molar-refractivity contribution in [3.8, 4) is 0 Å². The number of fused-ring (bicyclic) bond motifs is 3. The third-order valence-electron chi connectivity index (χ3n) is 5.08. The van der Waals surface area contributed by atoms with Crippen LogP contribution in [0.3, 0.4) is 0 Å². The number of anilines is 1. The largest absolute Gasteiger partial charge is 0.467 e. The van der Waals surface area contributed by atoms with Crippen molar-refractivity contribution in [2.45, 2.75) is 19.3 Å². The van der Waals surface area contributed by atoms with Crippen molar-refractivity contribution < 1.29 is 22.4 Å². The minimum atomic E-state index is -4.67. The van der Waals surface area contributed by atoms with Crippen molar-refractivity contribution in [2.75, 3.05) is 5.32 Å². The van der Waals surface area contributed by atoms with Crippen molar-refractivity contribution in [3.63, 3.8) is 0 Å². The Morgan fingerprint density at radius 3 is 2.65 bits per heavy atom. The van der Waals surface area contributed by atoms with Gasteiger partial charge in [0.05, 0.1) is 29.6 Å². The van der Waals surface area contributed by atoms with E-state index in [1.165, 1.54) is 27.4 Å². The predicted molar refractivity (Wildman–Crippen MR) is 117 cm³/mol. The summed E-state index contributed by atoms with van der Waals surface area (Å²) in [6.45, 7) is -0.669. The molecule has 13 heteroatoms. The summed E-state index contributed by atoms with van der Waals surface area (Å²) in [5.41, 5.74) is -2.25. The van der Waals surface area contributed by atoms with Gasteiger partial charge in [0.15, 0.2) is 0 Å². The molecule has 0 spiro atoms. The first-order valence-electron chi connectivity index (χ1n) is 9.82. The number of hydrogen-bond acceptors (Lipinski definition) is 6. The van der Waals surface area contributed by atoms with Crippen LogP contribution in [0.15, 0.2) is 68.1 Å². The molecule has 0 unspecified atom stereocenters. The number of furan rings is 1. The molecule has 174 valence electrons. The van der Waals surface area contributed by atoms with Crippen molar-refractivity contribution in [1.82, 2.24) is 18.7 Å². The van der Waals surface area contributed by atoms with Crippen LogP contribution >= 0.6 is 11.3 Å². The normalized spacial score (nSPS) is 12.0. The number of nitrogens with one attached hydrogen (secondary N) is 1. The van der Waals surface area contributed by atoms with Gasteiger partial charge >= 0.3 is 11.9 Å². The third kappa shape index (κ3) is 3.69. The van der Waals surface area contributed by atoms with Gasteiger partial charge in [-0.25, -0.2) is 13.9 Å². The van der Waals surface area contributed by atoms with E-state index in [1.807, 2.05) is 0 Å². The van der Waals surface area contributed by atoms with Gasteiger partial charge in [-0.05, 0) is 35.7 Å². The van der Waals surface area contributed by atoms with Gasteiger partial charge in [0.2, 0.25) is 11.7 Å². The molecule has 0 atom stereocenters. The fourth-order valence-electron chi connectivity index (χ4n) is 3.60. The molecule has 0 saturated heterocycles. The van der Waals surface area contributed by atoms with Crippen LogP contribution in [0.25, 0.3) is 16.0 Å². The molecule has 0 bridgehead atoms. The van der Waals surface area contributed by atoms with E-state index in [9.17, 15) is 27.6 Å². The van der Waals surface area contributed by atoms with Crippen LogP contribution in [-0.2, 0) is 24.1 Å². The maximum Gasteiger partial charge on any atom is 0.418 e. The van der Waals surface area contributed by atoms with Gasteiger partial charge in [0.1, 0.15) is 17.0 Å². The number of rotatable bonds is 5. The van der Waals surface area contributed by atoms with Crippen molar-refractivity contribution >= 4 is 38.9 Å². The van der Waals surface area contributed by atoms with Gasteiger partial charge in [0, 0.05) is 0 Å². The second-order valence-corrected chi connectivity index (χ2v) is 8.19. The van der Waals surface area contributed by atoms with Crippen molar-refractivity contribution in [1.29, 1.82) is 0 Å². The summed E-state index contributed by atoms with van der Waals surface area (Å²) in [4.78, 5) is 38.7. The van der Waals surface area contributed by atoms with Gasteiger partial charge < -0.3 is 9.73 Å². The van der Waals surface area contributed by atoms with E-state index in [2.05, 4.69) is 10.4 Å². The van der Waals surface area contributed by atoms with Gasteiger partial charge in [-0.2, -0.15) is 13.2 Å². The Balaban J connectivity index is 1.56. The number of thiophene rings is 1. The molecule has 5 rings (SSSR count). The van der Waals surface area contributed by atoms with Crippen LogP contribution < -0.4 is 16.6 Å². The smallest absolute Gasteiger partial charge is 0.418 e. The average Bonchev–Trinajstić information content (AvgIpc) is 3.52. The quantitative estimate of drug-likeness (QED) is 0.409. The zero-order valence-electron chi connectivity index (χ0n) is 17.1. The molecule has 1 amide bonds. The summed E-state index contributed by atoms with van der Waals surface area (Å²) in [7, 11) is 0. The average molecular weight is 489 g/mol. The number of carbonyl (C=O) groups excluding carboxylic acids is 1. The molecule has 0 saturated carbocycles. The van der Waals surface area contributed by atoms with E-state index in [4.69, 9.17) is 4.42 Å². The molecule has 0 aliphatic carbocycles. The van der Waals surface area contributed by atoms with E-state index < -0.39 is 41.1 Å². The Morgan fingerprint density at radius 1 is 1.12 bits per heavy atom. The molecule has 0 radical (unpaired) electrons. The summed E-state index contributed by atoms with van der Waals surface area (Å²) in [6, 6.07) is 9.39. The SMILES string of the molecule is O=C(Cn1nc2n(Cc3ccco3)c(=O)c3sccc3n2c1=O)Nc1ccccc1C(F)(F)F. The zero-order valence-corrected chi connectivity index (χ0v) is 17.9. The second-order valence-electron chi connectivity index (χ2n) is 7.27. The van der Waals surface area contributed by atoms with Crippen LogP contribution in [0.1, 0.15) is 11.3 Å². The van der Waals surface area contributed by atoms with Crippen molar-refractivity contribution in [2.24, 2.45) is 0 Å². The molecular formula is C21H14F3N5O4S. The molecule has 0 fully saturated rings. The van der Waals surface area contributed by atoms with Gasteiger partial charge in [-0.15, -0.1) is 16.4 Å². The molecule has 4 heterocycles. The van der Waals surface area contributed by atoms with Crippen molar-refractivity contribution in [3.05, 3.63) is 86.3 Å². The maximum atomic E-state index is 13.2. The first-order chi connectivity index (χ1) is 16.2. The summed E-state index contributed by atoms with van der Waals surface area (Å²) in [5.74, 6) is -0.465. The lowest BCUT2D eigenvalue weighted by Crippen LogP contribution is -2.29. The summed E-state index contributed by atoms with van der Waals surface area (Å²) in [6.07, 6.45) is -3.23. The molecule has 34 heavy (non-hydrogen) atoms. The lowest BCUT2D eigenvalue weighted by molar-refractivity contribution is -0.137. The number of amides is 1. The number of aromatic nitrogens is 4. The van der Waals surface area contributed by atoms with E-state index >= 15 is 0 Å². The highest BCUT2D eigenvalue weighted by Crippen LogP contribution is 2.34. The number of hydrogen-bond donors (Lipinski definition) is 1. The first kappa shape index (κ1) is 21.7. The Bertz CT molecular complexity index is 1640. The molecule has 9 nitrogen and oxygen atoms in total. The topological polar surface area (TPSA) is 104 Å². The van der Waals surface area contributed by atoms with E-state index in [0.29, 0.717) is 16.0 Å². The summed E-state index contributed by atoms with van der Waals surface area (Å²) >= 11 is 1.15. The number of para-hydroxylation sites is 1. The van der Waals surface area contributed by atoms with Crippen LogP contribution in [0, 0.1) is 0 Å². The fraction of sp³-hybridized carbons (Fsp3) is 0.143. The number of benzene rings is 1. The van der Waals surface area contributed by atoms with Crippen LogP contribution in [-0.4, -0.2) is 24.7 Å². The van der Waals surface area contributed by atoms with Crippen LogP contribution in [0.2, 0.25) is 0 Å². The lowest BCUT2D eigenvalue weighted by Gasteiger charge is -2.13. The minimum Gasteiger partial charge on any atom is -0.467 e. The first-order valence-corrected chi connectivity index (χ1v) is 10.7. The number of nitrogens with zero attached hydrogens (tertiary/aromatic N) is 4. The predicted octanol–water partition coefficient (Wildman–Crippen LogP) is 3.17. The van der Waals surface area contributed by atoms with E-state index in [-0.39, 0.29) is 12.3 Å². The Kier molecular flexibility index (Phi) is 5.12. The minimum absolute atomic E-state index is 0.00915. The zero-order chi connectivity index (χ0) is 24.0. The molecule has 4 aromatic heterocycles. The van der Waals surface area contributed by atoms with Crippen LogP contribution in [0.4, 0.5) is 18.9 Å². The molecule has 1 aromatic carbocycles.